The van der Waals surface area contributed by atoms with Gasteiger partial charge in [0.05, 0.1) is 13.2 Å². The van der Waals surface area contributed by atoms with E-state index in [4.69, 9.17) is 4.74 Å². The van der Waals surface area contributed by atoms with E-state index in [1.165, 1.54) is 5.69 Å². The first-order chi connectivity index (χ1) is 14.7. The van der Waals surface area contributed by atoms with Crippen molar-refractivity contribution in [2.24, 2.45) is 0 Å². The molecule has 0 aliphatic carbocycles. The Morgan fingerprint density at radius 2 is 1.57 bits per heavy atom. The molecule has 3 aromatic carbocycles. The van der Waals surface area contributed by atoms with Crippen molar-refractivity contribution in [1.82, 2.24) is 0 Å². The molecule has 3 aromatic rings. The lowest BCUT2D eigenvalue weighted by atomic mass is 10.0. The summed E-state index contributed by atoms with van der Waals surface area (Å²) in [6.07, 6.45) is 0. The van der Waals surface area contributed by atoms with E-state index < -0.39 is 0 Å². The van der Waals surface area contributed by atoms with Crippen LogP contribution in [0.5, 0.6) is 0 Å². The SMILES string of the molecule is C[C@H](Nc1ccc(N2CCOCC2)cc1)C(=O)Nc1ccccc1-c1ccccc1. The molecule has 2 N–H and O–H groups in total. The maximum absolute atomic E-state index is 12.8. The molecule has 30 heavy (non-hydrogen) atoms. The van der Waals surface area contributed by atoms with Crippen molar-refractivity contribution in [3.8, 4) is 11.1 Å². The van der Waals surface area contributed by atoms with E-state index in [0.29, 0.717) is 0 Å². The maximum atomic E-state index is 12.8. The number of hydrogen-bond donors (Lipinski definition) is 2. The summed E-state index contributed by atoms with van der Waals surface area (Å²) < 4.78 is 5.41. The van der Waals surface area contributed by atoms with Gasteiger partial charge >= 0.3 is 0 Å². The Hall–Kier alpha value is -3.31. The fourth-order valence-corrected chi connectivity index (χ4v) is 3.61. The van der Waals surface area contributed by atoms with Crippen molar-refractivity contribution in [2.45, 2.75) is 13.0 Å². The van der Waals surface area contributed by atoms with Crippen molar-refractivity contribution < 1.29 is 9.53 Å². The van der Waals surface area contributed by atoms with Crippen molar-refractivity contribution >= 4 is 23.0 Å². The molecular weight excluding hydrogens is 374 g/mol. The Balaban J connectivity index is 1.40. The van der Waals surface area contributed by atoms with Gasteiger partial charge in [0.25, 0.3) is 0 Å². The second-order valence-electron chi connectivity index (χ2n) is 7.41. The highest BCUT2D eigenvalue weighted by molar-refractivity contribution is 5.99. The Morgan fingerprint density at radius 1 is 0.900 bits per heavy atom. The Kier molecular flexibility index (Phi) is 6.30. The van der Waals surface area contributed by atoms with Crippen LogP contribution in [-0.2, 0) is 9.53 Å². The molecule has 0 bridgehead atoms. The van der Waals surface area contributed by atoms with Crippen LogP contribution in [0.3, 0.4) is 0 Å². The third kappa shape index (κ3) is 4.81. The topological polar surface area (TPSA) is 53.6 Å². The fourth-order valence-electron chi connectivity index (χ4n) is 3.61. The van der Waals surface area contributed by atoms with E-state index in [1.807, 2.05) is 73.7 Å². The number of benzene rings is 3. The molecule has 1 amide bonds. The molecule has 1 fully saturated rings. The van der Waals surface area contributed by atoms with Gasteiger partial charge in [0.2, 0.25) is 5.91 Å². The highest BCUT2D eigenvalue weighted by Crippen LogP contribution is 2.28. The molecule has 0 saturated carbocycles. The van der Waals surface area contributed by atoms with Gasteiger partial charge in [0.1, 0.15) is 6.04 Å². The molecule has 1 atom stereocenters. The molecule has 0 unspecified atom stereocenters. The normalized spacial score (nSPS) is 14.8. The highest BCUT2D eigenvalue weighted by atomic mass is 16.5. The summed E-state index contributed by atoms with van der Waals surface area (Å²) in [5, 5.41) is 6.36. The summed E-state index contributed by atoms with van der Waals surface area (Å²) in [6, 6.07) is 25.8. The Morgan fingerprint density at radius 3 is 2.30 bits per heavy atom. The molecular formula is C25H27N3O2. The molecule has 5 heteroatoms. The summed E-state index contributed by atoms with van der Waals surface area (Å²) in [4.78, 5) is 15.1. The van der Waals surface area contributed by atoms with Gasteiger partial charge in [-0.15, -0.1) is 0 Å². The summed E-state index contributed by atoms with van der Waals surface area (Å²) in [7, 11) is 0. The van der Waals surface area contributed by atoms with Gasteiger partial charge in [-0.05, 0) is 42.8 Å². The van der Waals surface area contributed by atoms with Crippen LogP contribution in [0.1, 0.15) is 6.92 Å². The predicted octanol–water partition coefficient (Wildman–Crippen LogP) is 4.63. The number of nitrogens with zero attached hydrogens (tertiary/aromatic N) is 1. The van der Waals surface area contributed by atoms with Crippen LogP contribution in [0, 0.1) is 0 Å². The molecule has 1 aliphatic rings. The molecule has 154 valence electrons. The lowest BCUT2D eigenvalue weighted by molar-refractivity contribution is -0.116. The van der Waals surface area contributed by atoms with Gasteiger partial charge in [-0.2, -0.15) is 0 Å². The van der Waals surface area contributed by atoms with Crippen LogP contribution in [-0.4, -0.2) is 38.3 Å². The maximum Gasteiger partial charge on any atom is 0.246 e. The lowest BCUT2D eigenvalue weighted by Gasteiger charge is -2.29. The van der Waals surface area contributed by atoms with Crippen LogP contribution in [0.15, 0.2) is 78.9 Å². The third-order valence-corrected chi connectivity index (χ3v) is 5.29. The summed E-state index contributed by atoms with van der Waals surface area (Å²) in [5.41, 5.74) is 5.00. The minimum atomic E-state index is -0.372. The van der Waals surface area contributed by atoms with Crippen LogP contribution in [0.25, 0.3) is 11.1 Å². The zero-order valence-electron chi connectivity index (χ0n) is 17.2. The number of para-hydroxylation sites is 1. The molecule has 1 saturated heterocycles. The number of hydrogen-bond acceptors (Lipinski definition) is 4. The van der Waals surface area contributed by atoms with E-state index in [-0.39, 0.29) is 11.9 Å². The quantitative estimate of drug-likeness (QED) is 0.632. The number of carbonyl (C=O) groups is 1. The van der Waals surface area contributed by atoms with Crippen LogP contribution < -0.4 is 15.5 Å². The molecule has 0 aromatic heterocycles. The second-order valence-corrected chi connectivity index (χ2v) is 7.41. The molecule has 1 heterocycles. The van der Waals surface area contributed by atoms with E-state index in [2.05, 4.69) is 27.7 Å². The van der Waals surface area contributed by atoms with E-state index >= 15 is 0 Å². The number of rotatable bonds is 6. The van der Waals surface area contributed by atoms with Gasteiger partial charge in [-0.3, -0.25) is 4.79 Å². The smallest absolute Gasteiger partial charge is 0.246 e. The Bertz CT molecular complexity index is 967. The number of ether oxygens (including phenoxy) is 1. The highest BCUT2D eigenvalue weighted by Gasteiger charge is 2.16. The Labute approximate surface area is 177 Å². The van der Waals surface area contributed by atoms with Crippen LogP contribution in [0.4, 0.5) is 17.1 Å². The van der Waals surface area contributed by atoms with Crippen molar-refractivity contribution in [3.63, 3.8) is 0 Å². The molecule has 4 rings (SSSR count). The van der Waals surface area contributed by atoms with Crippen molar-refractivity contribution in [1.29, 1.82) is 0 Å². The average molecular weight is 402 g/mol. The fraction of sp³-hybridized carbons (Fsp3) is 0.240. The third-order valence-electron chi connectivity index (χ3n) is 5.29. The van der Waals surface area contributed by atoms with Gasteiger partial charge in [0.15, 0.2) is 0 Å². The van der Waals surface area contributed by atoms with E-state index in [0.717, 1.165) is 48.8 Å². The number of carbonyl (C=O) groups excluding carboxylic acids is 1. The monoisotopic (exact) mass is 401 g/mol. The lowest BCUT2D eigenvalue weighted by Crippen LogP contribution is -2.36. The average Bonchev–Trinajstić information content (AvgIpc) is 2.81. The molecule has 1 aliphatic heterocycles. The second kappa shape index (κ2) is 9.46. The number of nitrogens with one attached hydrogen (secondary N) is 2. The van der Waals surface area contributed by atoms with E-state index in [1.54, 1.807) is 0 Å². The standard InChI is InChI=1S/C25H27N3O2/c1-19(26-21-11-13-22(14-12-21)28-15-17-30-18-16-28)25(29)27-24-10-6-5-9-23(24)20-7-3-2-4-8-20/h2-14,19,26H,15-18H2,1H3,(H,27,29)/t19-/m0/s1. The summed E-state index contributed by atoms with van der Waals surface area (Å²) in [5.74, 6) is -0.0735. The number of amides is 1. The minimum absolute atomic E-state index is 0.0735. The molecule has 0 spiro atoms. The molecule has 0 radical (unpaired) electrons. The van der Waals surface area contributed by atoms with Crippen LogP contribution in [0.2, 0.25) is 0 Å². The summed E-state index contributed by atoms with van der Waals surface area (Å²) in [6.45, 7) is 5.22. The van der Waals surface area contributed by atoms with E-state index in [9.17, 15) is 4.79 Å². The molecule has 5 nitrogen and oxygen atoms in total. The van der Waals surface area contributed by atoms with Gasteiger partial charge in [-0.1, -0.05) is 48.5 Å². The zero-order chi connectivity index (χ0) is 20.8. The first-order valence-electron chi connectivity index (χ1n) is 10.4. The van der Waals surface area contributed by atoms with Gasteiger partial charge in [0, 0.05) is 35.7 Å². The first kappa shape index (κ1) is 20.0. The van der Waals surface area contributed by atoms with Gasteiger partial charge in [-0.25, -0.2) is 0 Å². The predicted molar refractivity (Wildman–Crippen MR) is 123 cm³/mol. The minimum Gasteiger partial charge on any atom is -0.378 e. The van der Waals surface area contributed by atoms with Crippen molar-refractivity contribution in [2.75, 3.05) is 41.8 Å². The number of anilines is 3. The van der Waals surface area contributed by atoms with Crippen LogP contribution >= 0.6 is 0 Å². The van der Waals surface area contributed by atoms with Gasteiger partial charge < -0.3 is 20.3 Å². The number of morpholine rings is 1. The van der Waals surface area contributed by atoms with Crippen molar-refractivity contribution in [3.05, 3.63) is 78.9 Å². The zero-order valence-corrected chi connectivity index (χ0v) is 17.2. The summed E-state index contributed by atoms with van der Waals surface area (Å²) >= 11 is 0. The first-order valence-corrected chi connectivity index (χ1v) is 10.4. The largest absolute Gasteiger partial charge is 0.378 e.